The maximum absolute atomic E-state index is 12.9. The molecule has 2 aliphatic rings. The van der Waals surface area contributed by atoms with Gasteiger partial charge < -0.3 is 5.73 Å². The van der Waals surface area contributed by atoms with E-state index in [1.54, 1.807) is 0 Å². The van der Waals surface area contributed by atoms with Crippen LogP contribution in [0.3, 0.4) is 0 Å². The van der Waals surface area contributed by atoms with Crippen LogP contribution in [-0.4, -0.2) is 12.5 Å². The second-order valence-corrected chi connectivity index (χ2v) is 5.21. The molecule has 3 heteroatoms. The molecule has 0 amide bonds. The first-order valence-electron chi connectivity index (χ1n) is 5.63. The zero-order chi connectivity index (χ0) is 10.2. The minimum absolute atomic E-state index is 0.0956. The molecule has 0 aromatic heterocycles. The number of alkyl halides is 2. The quantitative estimate of drug-likeness (QED) is 0.749. The van der Waals surface area contributed by atoms with Crippen LogP contribution < -0.4 is 5.73 Å². The van der Waals surface area contributed by atoms with Gasteiger partial charge in [-0.15, -0.1) is 0 Å². The molecule has 0 aliphatic heterocycles. The average Bonchev–Trinajstić information content (AvgIpc) is 2.90. The summed E-state index contributed by atoms with van der Waals surface area (Å²) in [6.45, 7) is 0.750. The van der Waals surface area contributed by atoms with Crippen molar-refractivity contribution in [1.82, 2.24) is 0 Å². The standard InChI is InChI=1S/C11H19F2N/c12-11(13)3-1-9(2-4-11)7-10(8-14)5-6-10/h9H,1-8,14H2. The number of halogens is 2. The van der Waals surface area contributed by atoms with E-state index in [0.717, 1.165) is 13.0 Å². The summed E-state index contributed by atoms with van der Waals surface area (Å²) in [4.78, 5) is 0. The molecule has 2 N–H and O–H groups in total. The first-order chi connectivity index (χ1) is 6.55. The molecule has 2 saturated carbocycles. The smallest absolute Gasteiger partial charge is 0.248 e. The summed E-state index contributed by atoms with van der Waals surface area (Å²) < 4.78 is 25.8. The van der Waals surface area contributed by atoms with Crippen LogP contribution in [0.15, 0.2) is 0 Å². The van der Waals surface area contributed by atoms with E-state index in [1.165, 1.54) is 12.8 Å². The lowest BCUT2D eigenvalue weighted by Gasteiger charge is -2.30. The molecule has 1 nitrogen and oxygen atoms in total. The van der Waals surface area contributed by atoms with Crippen LogP contribution in [-0.2, 0) is 0 Å². The molecular weight excluding hydrogens is 184 g/mol. The summed E-state index contributed by atoms with van der Waals surface area (Å²) in [5, 5.41) is 0. The number of hydrogen-bond acceptors (Lipinski definition) is 1. The SMILES string of the molecule is NCC1(CC2CCC(F)(F)CC2)CC1. The third kappa shape index (κ3) is 2.25. The van der Waals surface area contributed by atoms with E-state index < -0.39 is 5.92 Å². The van der Waals surface area contributed by atoms with Crippen LogP contribution in [0.2, 0.25) is 0 Å². The number of nitrogens with two attached hydrogens (primary N) is 1. The average molecular weight is 203 g/mol. The van der Waals surface area contributed by atoms with Crippen molar-refractivity contribution >= 4 is 0 Å². The Morgan fingerprint density at radius 1 is 1.07 bits per heavy atom. The third-order valence-corrected chi connectivity index (χ3v) is 3.95. The van der Waals surface area contributed by atoms with Crippen molar-refractivity contribution in [2.45, 2.75) is 50.9 Å². The second kappa shape index (κ2) is 3.44. The Balaban J connectivity index is 1.79. The first-order valence-corrected chi connectivity index (χ1v) is 5.63. The summed E-state index contributed by atoms with van der Waals surface area (Å²) >= 11 is 0. The highest BCUT2D eigenvalue weighted by molar-refractivity contribution is 4.96. The summed E-state index contributed by atoms with van der Waals surface area (Å²) in [6, 6.07) is 0. The van der Waals surface area contributed by atoms with Crippen molar-refractivity contribution in [2.24, 2.45) is 17.1 Å². The van der Waals surface area contributed by atoms with Gasteiger partial charge >= 0.3 is 0 Å². The topological polar surface area (TPSA) is 26.0 Å². The molecular formula is C11H19F2N. The first kappa shape index (κ1) is 10.3. The third-order valence-electron chi connectivity index (χ3n) is 3.95. The van der Waals surface area contributed by atoms with E-state index in [-0.39, 0.29) is 12.8 Å². The minimum Gasteiger partial charge on any atom is -0.330 e. The summed E-state index contributed by atoms with van der Waals surface area (Å²) in [5.74, 6) is -1.86. The van der Waals surface area contributed by atoms with Gasteiger partial charge in [-0.25, -0.2) is 8.78 Å². The Morgan fingerprint density at radius 3 is 2.07 bits per heavy atom. The largest absolute Gasteiger partial charge is 0.330 e. The maximum Gasteiger partial charge on any atom is 0.248 e. The fourth-order valence-electron chi connectivity index (χ4n) is 2.58. The summed E-state index contributed by atoms with van der Waals surface area (Å²) in [6.07, 6.45) is 5.13. The van der Waals surface area contributed by atoms with Crippen LogP contribution in [0.25, 0.3) is 0 Å². The maximum atomic E-state index is 12.9. The molecule has 0 spiro atoms. The van der Waals surface area contributed by atoms with Crippen LogP contribution in [0.1, 0.15) is 44.9 Å². The van der Waals surface area contributed by atoms with Crippen LogP contribution in [0.5, 0.6) is 0 Å². The van der Waals surface area contributed by atoms with Crippen molar-refractivity contribution in [3.63, 3.8) is 0 Å². The van der Waals surface area contributed by atoms with Gasteiger partial charge in [0, 0.05) is 12.8 Å². The number of hydrogen-bond donors (Lipinski definition) is 1. The Bertz CT molecular complexity index is 201. The Hall–Kier alpha value is -0.180. The molecule has 0 unspecified atom stereocenters. The lowest BCUT2D eigenvalue weighted by atomic mass is 9.80. The molecule has 0 saturated heterocycles. The predicted molar refractivity (Wildman–Crippen MR) is 52.2 cm³/mol. The highest BCUT2D eigenvalue weighted by Crippen LogP contribution is 2.52. The van der Waals surface area contributed by atoms with Gasteiger partial charge in [0.1, 0.15) is 0 Å². The normalized spacial score (nSPS) is 30.2. The molecule has 0 bridgehead atoms. The van der Waals surface area contributed by atoms with Gasteiger partial charge in [0.25, 0.3) is 0 Å². The van der Waals surface area contributed by atoms with E-state index in [2.05, 4.69) is 0 Å². The van der Waals surface area contributed by atoms with Crippen molar-refractivity contribution < 1.29 is 8.78 Å². The molecule has 2 aliphatic carbocycles. The van der Waals surface area contributed by atoms with E-state index in [9.17, 15) is 8.78 Å². The zero-order valence-electron chi connectivity index (χ0n) is 8.57. The van der Waals surface area contributed by atoms with Gasteiger partial charge in [-0.1, -0.05) is 0 Å². The molecule has 0 aromatic carbocycles. The van der Waals surface area contributed by atoms with Crippen LogP contribution >= 0.6 is 0 Å². The van der Waals surface area contributed by atoms with E-state index in [1.807, 2.05) is 0 Å². The summed E-state index contributed by atoms with van der Waals surface area (Å²) in [7, 11) is 0. The van der Waals surface area contributed by atoms with Gasteiger partial charge in [-0.2, -0.15) is 0 Å². The van der Waals surface area contributed by atoms with Crippen molar-refractivity contribution in [1.29, 1.82) is 0 Å². The molecule has 0 atom stereocenters. The Kier molecular flexibility index (Phi) is 2.54. The Labute approximate surface area is 84.0 Å². The second-order valence-electron chi connectivity index (χ2n) is 5.21. The predicted octanol–water partition coefficient (Wildman–Crippen LogP) is 2.94. The van der Waals surface area contributed by atoms with Crippen molar-refractivity contribution in [2.75, 3.05) is 6.54 Å². The zero-order valence-corrected chi connectivity index (χ0v) is 8.57. The molecule has 0 radical (unpaired) electrons. The summed E-state index contributed by atoms with van der Waals surface area (Å²) in [5.41, 5.74) is 6.05. The lowest BCUT2D eigenvalue weighted by Crippen LogP contribution is -2.27. The van der Waals surface area contributed by atoms with Gasteiger partial charge in [0.05, 0.1) is 0 Å². The van der Waals surface area contributed by atoms with Crippen molar-refractivity contribution in [3.05, 3.63) is 0 Å². The van der Waals surface area contributed by atoms with Crippen molar-refractivity contribution in [3.8, 4) is 0 Å². The van der Waals surface area contributed by atoms with E-state index in [4.69, 9.17) is 5.73 Å². The highest BCUT2D eigenvalue weighted by atomic mass is 19.3. The Morgan fingerprint density at radius 2 is 1.64 bits per heavy atom. The molecule has 14 heavy (non-hydrogen) atoms. The fraction of sp³-hybridized carbons (Fsp3) is 1.00. The van der Waals surface area contributed by atoms with Gasteiger partial charge in [-0.3, -0.25) is 0 Å². The molecule has 2 rings (SSSR count). The van der Waals surface area contributed by atoms with Gasteiger partial charge in [0.15, 0.2) is 0 Å². The monoisotopic (exact) mass is 203 g/mol. The lowest BCUT2D eigenvalue weighted by molar-refractivity contribution is -0.0483. The molecule has 0 heterocycles. The molecule has 2 fully saturated rings. The minimum atomic E-state index is -2.38. The van der Waals surface area contributed by atoms with E-state index >= 15 is 0 Å². The van der Waals surface area contributed by atoms with Gasteiger partial charge in [-0.05, 0) is 50.0 Å². The fourth-order valence-corrected chi connectivity index (χ4v) is 2.58. The van der Waals surface area contributed by atoms with Crippen LogP contribution in [0.4, 0.5) is 8.78 Å². The highest BCUT2D eigenvalue weighted by Gasteiger charge is 2.44. The van der Waals surface area contributed by atoms with Gasteiger partial charge in [0.2, 0.25) is 5.92 Å². The van der Waals surface area contributed by atoms with Crippen LogP contribution in [0, 0.1) is 11.3 Å². The van der Waals surface area contributed by atoms with E-state index in [0.29, 0.717) is 24.2 Å². The number of rotatable bonds is 3. The molecule has 0 aromatic rings. The molecule has 82 valence electrons.